The van der Waals surface area contributed by atoms with Crippen molar-refractivity contribution in [3.05, 3.63) is 180 Å². The molecule has 0 amide bonds. The summed E-state index contributed by atoms with van der Waals surface area (Å²) in [7, 11) is 0. The van der Waals surface area contributed by atoms with Crippen molar-refractivity contribution in [1.29, 1.82) is 0 Å². The number of aromatic nitrogens is 1. The topological polar surface area (TPSA) is 11.9 Å². The van der Waals surface area contributed by atoms with Crippen LogP contribution in [0.25, 0.3) is 5.57 Å². The summed E-state index contributed by atoms with van der Waals surface area (Å²) in [5.41, 5.74) is 9.07. The predicted molar refractivity (Wildman–Crippen MR) is 219 cm³/mol. The Balaban J connectivity index is 1.11. The van der Waals surface area contributed by atoms with Gasteiger partial charge >= 0.3 is 0 Å². The van der Waals surface area contributed by atoms with E-state index < -0.39 is 0 Å². The lowest BCUT2D eigenvalue weighted by molar-refractivity contribution is -0.514. The summed E-state index contributed by atoms with van der Waals surface area (Å²) in [6.07, 6.45) is 37.4. The van der Waals surface area contributed by atoms with E-state index in [0.717, 1.165) is 54.7 Å². The first-order chi connectivity index (χ1) is 25.2. The number of allylic oxidation sites excluding steroid dienone is 9. The van der Waals surface area contributed by atoms with Gasteiger partial charge in [-0.2, -0.15) is 4.24 Å². The third-order valence-electron chi connectivity index (χ3n) is 11.4. The Hall–Kier alpha value is -4.89. The van der Waals surface area contributed by atoms with Crippen LogP contribution in [-0.2, 0) is 6.42 Å². The van der Waals surface area contributed by atoms with Crippen LogP contribution < -0.4 is 9.59 Å². The molecule has 0 spiro atoms. The van der Waals surface area contributed by atoms with Crippen LogP contribution in [-0.4, -0.2) is 22.6 Å². The summed E-state index contributed by atoms with van der Waals surface area (Å²) in [6, 6.07) is 17.4. The Morgan fingerprint density at radius 1 is 0.769 bits per heavy atom. The molecule has 3 heterocycles. The fourth-order valence-electron chi connectivity index (χ4n) is 8.66. The van der Waals surface area contributed by atoms with Gasteiger partial charge in [0.05, 0.1) is 13.4 Å². The fourth-order valence-corrected chi connectivity index (χ4v) is 8.66. The van der Waals surface area contributed by atoms with Gasteiger partial charge < -0.3 is 0 Å². The molecule has 268 valence electrons. The van der Waals surface area contributed by atoms with Crippen molar-refractivity contribution in [2.75, 3.05) is 0 Å². The van der Waals surface area contributed by atoms with Gasteiger partial charge in [0.15, 0.2) is 6.20 Å². The zero-order valence-electron chi connectivity index (χ0n) is 31.8. The monoisotopic (exact) mass is 688 g/mol. The number of rotatable bonds is 12. The highest BCUT2D eigenvalue weighted by atomic mass is 15.0. The number of aryl methyl sites for hydroxylation is 1. The average Bonchev–Trinajstić information content (AvgIpc) is 3.14. The van der Waals surface area contributed by atoms with Gasteiger partial charge in [0.25, 0.3) is 0 Å². The normalized spacial score (nSPS) is 23.8. The minimum absolute atomic E-state index is 0.402. The Kier molecular flexibility index (Phi) is 12.1. The molecule has 2 aliphatic heterocycles. The Morgan fingerprint density at radius 3 is 1.98 bits per heavy atom. The maximum atomic E-state index is 4.40. The minimum Gasteiger partial charge on any atom is -0.255 e. The second-order valence-corrected chi connectivity index (χ2v) is 15.6. The molecule has 1 aromatic heterocycles. The molecule has 0 saturated heterocycles. The molecule has 3 nitrogen and oxygen atoms in total. The van der Waals surface area contributed by atoms with E-state index in [1.165, 1.54) is 77.3 Å². The number of benzene rings is 1. The highest BCUT2D eigenvalue weighted by Gasteiger charge is 2.29. The smallest absolute Gasteiger partial charge is 0.213 e. The van der Waals surface area contributed by atoms with Gasteiger partial charge in [0, 0.05) is 23.1 Å². The summed E-state index contributed by atoms with van der Waals surface area (Å²) >= 11 is 0. The summed E-state index contributed by atoms with van der Waals surface area (Å²) < 4.78 is 6.17. The third-order valence-corrected chi connectivity index (χ3v) is 11.4. The molecule has 4 aliphatic rings. The van der Waals surface area contributed by atoms with Crippen molar-refractivity contribution in [3.8, 4) is 0 Å². The standard InChI is InChI=1S/C49H58N3/c1-8-45(36(2)3)48-28-25-39(34-51(48)6)19-22-42-30-41(21-18-38-24-27-47(50(5)33-38)44-15-10-9-11-16-44)31-43(32-42)23-20-40-26-29-49(52(7)35-40)46-17-13-12-14-37(46)4/h8-17,24-29,33-35,37,41-43H,1,5-7,18-23,30-32H2,2-4H3/q+1/b49-46-/t37?,41-,42+,43-/m1/s1. The van der Waals surface area contributed by atoms with E-state index >= 15 is 0 Å². The van der Waals surface area contributed by atoms with Gasteiger partial charge in [-0.15, -0.1) is 30.4 Å². The Labute approximate surface area is 313 Å². The first-order valence-electron chi connectivity index (χ1n) is 19.3. The van der Waals surface area contributed by atoms with E-state index in [2.05, 4.69) is 161 Å². The van der Waals surface area contributed by atoms with Gasteiger partial charge in [-0.05, 0) is 116 Å². The zero-order chi connectivity index (χ0) is 36.6. The molecule has 0 radical (unpaired) electrons. The molecule has 2 aromatic rings. The molecular formula is C49H58N3+. The van der Waals surface area contributed by atoms with Gasteiger partial charge in [-0.3, -0.25) is 9.15 Å². The van der Waals surface area contributed by atoms with Crippen molar-refractivity contribution in [2.24, 2.45) is 23.7 Å². The van der Waals surface area contributed by atoms with Crippen molar-refractivity contribution >= 4 is 19.0 Å². The molecule has 1 fully saturated rings. The number of hydrogen-bond acceptors (Lipinski definition) is 0. The van der Waals surface area contributed by atoms with E-state index in [9.17, 15) is 0 Å². The quantitative estimate of drug-likeness (QED) is 0.120. The third kappa shape index (κ3) is 9.12. The Bertz CT molecular complexity index is 1990. The van der Waals surface area contributed by atoms with E-state index in [1.54, 1.807) is 0 Å². The largest absolute Gasteiger partial charge is 0.255 e. The Morgan fingerprint density at radius 2 is 1.40 bits per heavy atom. The van der Waals surface area contributed by atoms with E-state index in [1.807, 2.05) is 15.2 Å². The summed E-state index contributed by atoms with van der Waals surface area (Å²) in [4.78, 5) is 0. The molecular weight excluding hydrogens is 631 g/mol. The van der Waals surface area contributed by atoms with Crippen molar-refractivity contribution in [1.82, 2.24) is 0 Å². The fraction of sp³-hybridized carbons (Fsp3) is 0.327. The molecule has 52 heavy (non-hydrogen) atoms. The maximum Gasteiger partial charge on any atom is 0.213 e. The van der Waals surface area contributed by atoms with E-state index in [-0.39, 0.29) is 0 Å². The van der Waals surface area contributed by atoms with Gasteiger partial charge in [-0.25, -0.2) is 0 Å². The van der Waals surface area contributed by atoms with Crippen molar-refractivity contribution < 1.29 is 13.4 Å². The van der Waals surface area contributed by atoms with Gasteiger partial charge in [0.2, 0.25) is 5.35 Å². The number of nitrogens with zero attached hydrogens (tertiary/aromatic N) is 3. The van der Waals surface area contributed by atoms with E-state index in [0.29, 0.717) is 5.92 Å². The van der Waals surface area contributed by atoms with Crippen LogP contribution in [0.3, 0.4) is 0 Å². The van der Waals surface area contributed by atoms with Crippen LogP contribution in [0.1, 0.15) is 83.3 Å². The molecule has 6 rings (SSSR count). The van der Waals surface area contributed by atoms with Gasteiger partial charge in [-0.1, -0.05) is 75.4 Å². The lowest BCUT2D eigenvalue weighted by Crippen LogP contribution is -2.38. The van der Waals surface area contributed by atoms with E-state index in [4.69, 9.17) is 0 Å². The zero-order valence-corrected chi connectivity index (χ0v) is 31.8. The second-order valence-electron chi connectivity index (χ2n) is 15.6. The second kappa shape index (κ2) is 17.1. The predicted octanol–water partition coefficient (Wildman–Crippen LogP) is 10.0. The molecule has 1 aromatic carbocycles. The van der Waals surface area contributed by atoms with Crippen LogP contribution in [0.2, 0.25) is 0 Å². The average molecular weight is 689 g/mol. The minimum atomic E-state index is 0.402. The molecule has 0 N–H and O–H groups in total. The number of hydrogen-bond donors (Lipinski definition) is 0. The maximum absolute atomic E-state index is 4.40. The lowest BCUT2D eigenvalue weighted by atomic mass is 9.70. The summed E-state index contributed by atoms with van der Waals surface area (Å²) in [5, 5.41) is 1.20. The van der Waals surface area contributed by atoms with Gasteiger partial charge in [0.1, 0.15) is 31.2 Å². The molecule has 3 heteroatoms. The van der Waals surface area contributed by atoms with Crippen molar-refractivity contribution in [3.63, 3.8) is 0 Å². The SMILES string of the molecule is C=CC(=C(C)C)[C-]1C=CC(CC[C@H]2C[C@@H](CCC3=C[N+](=C)[C-](c4ccccc4)C=C3)C[C@@H](CCc3cc/c(=C4\C=CC=CC4C)[n+](=C)c3)C2)=C[N+]1=C. The van der Waals surface area contributed by atoms with Crippen LogP contribution in [0.5, 0.6) is 0 Å². The molecule has 1 saturated carbocycles. The molecule has 0 bridgehead atoms. The molecule has 4 atom stereocenters. The van der Waals surface area contributed by atoms with Crippen LogP contribution >= 0.6 is 0 Å². The number of pyridine rings is 1. The highest BCUT2D eigenvalue weighted by Crippen LogP contribution is 2.41. The van der Waals surface area contributed by atoms with Crippen LogP contribution in [0.15, 0.2) is 145 Å². The first kappa shape index (κ1) is 36.9. The summed E-state index contributed by atoms with van der Waals surface area (Å²) in [6.45, 7) is 23.7. The van der Waals surface area contributed by atoms with Crippen LogP contribution in [0, 0.1) is 42.5 Å². The highest BCUT2D eigenvalue weighted by molar-refractivity contribution is 5.61. The molecule has 1 unspecified atom stereocenters. The summed E-state index contributed by atoms with van der Waals surface area (Å²) in [5.74, 6) is 2.59. The van der Waals surface area contributed by atoms with Crippen molar-refractivity contribution in [2.45, 2.75) is 78.6 Å². The first-order valence-corrected chi connectivity index (χ1v) is 19.3. The van der Waals surface area contributed by atoms with Crippen LogP contribution in [0.4, 0.5) is 0 Å². The molecule has 2 aliphatic carbocycles. The lowest BCUT2D eigenvalue weighted by Gasteiger charge is -2.36.